The lowest BCUT2D eigenvalue weighted by Gasteiger charge is -2.26. The van der Waals surface area contributed by atoms with Gasteiger partial charge in [0, 0.05) is 37.5 Å². The summed E-state index contributed by atoms with van der Waals surface area (Å²) in [5.41, 5.74) is 2.11. The van der Waals surface area contributed by atoms with E-state index in [1.54, 1.807) is 42.9 Å². The molecule has 192 valence electrons. The molecule has 1 N–H and O–H groups in total. The van der Waals surface area contributed by atoms with E-state index in [9.17, 15) is 14.7 Å². The highest BCUT2D eigenvalue weighted by molar-refractivity contribution is 6.46. The maximum absolute atomic E-state index is 13.4. The number of hydrogen-bond acceptors (Lipinski definition) is 7. The van der Waals surface area contributed by atoms with Gasteiger partial charge in [0.15, 0.2) is 11.5 Å². The average molecular weight is 504 g/mol. The Bertz CT molecular complexity index is 1360. The highest BCUT2D eigenvalue weighted by Crippen LogP contribution is 2.42. The van der Waals surface area contributed by atoms with Gasteiger partial charge in [-0.2, -0.15) is 0 Å². The standard InChI is InChI=1S/C28H29N3O6/c1-17-13-20-14-19(6-7-21(20)37-17)26(32)24-25(18-5-8-22(35-2)23(15-18)36-3)31(28(34)27(24)33)11-4-10-30-12-9-29-16-30/h5-9,12,14-17,25,32H,4,10-11,13H2,1-3H3/b26-24+/t17-,25+/m0/s1. The molecule has 0 radical (unpaired) electrons. The average Bonchev–Trinajstić information content (AvgIpc) is 3.61. The minimum Gasteiger partial charge on any atom is -0.507 e. The van der Waals surface area contributed by atoms with Gasteiger partial charge in [-0.3, -0.25) is 9.59 Å². The zero-order valence-corrected chi connectivity index (χ0v) is 21.0. The van der Waals surface area contributed by atoms with Crippen LogP contribution in [-0.2, 0) is 22.6 Å². The second-order valence-electron chi connectivity index (χ2n) is 9.22. The molecule has 9 nitrogen and oxygen atoms in total. The lowest BCUT2D eigenvalue weighted by atomic mass is 9.94. The molecular formula is C28H29N3O6. The number of Topliss-reactive ketones (excluding diaryl/α,β-unsaturated/α-hetero) is 1. The summed E-state index contributed by atoms with van der Waals surface area (Å²) in [4.78, 5) is 32.2. The number of nitrogens with zero attached hydrogens (tertiary/aromatic N) is 3. The van der Waals surface area contributed by atoms with Crippen molar-refractivity contribution in [2.45, 2.75) is 38.5 Å². The van der Waals surface area contributed by atoms with Crippen LogP contribution in [0.1, 0.15) is 36.1 Å². The highest BCUT2D eigenvalue weighted by atomic mass is 16.5. The van der Waals surface area contributed by atoms with Crippen LogP contribution >= 0.6 is 0 Å². The molecule has 9 heteroatoms. The van der Waals surface area contributed by atoms with E-state index in [0.29, 0.717) is 48.6 Å². The Morgan fingerprint density at radius 3 is 2.65 bits per heavy atom. The number of likely N-dealkylation sites (tertiary alicyclic amines) is 1. The fourth-order valence-corrected chi connectivity index (χ4v) is 5.05. The molecule has 3 heterocycles. The van der Waals surface area contributed by atoms with Crippen molar-refractivity contribution in [1.29, 1.82) is 0 Å². The SMILES string of the molecule is COc1ccc([C@@H]2/C(=C(\O)c3ccc4c(c3)C[C@H](C)O4)C(=O)C(=O)N2CCCn2ccnc2)cc1OC. The number of aliphatic hydroxyl groups excluding tert-OH is 1. The summed E-state index contributed by atoms with van der Waals surface area (Å²) in [6.45, 7) is 2.92. The van der Waals surface area contributed by atoms with Crippen molar-refractivity contribution in [3.8, 4) is 17.2 Å². The summed E-state index contributed by atoms with van der Waals surface area (Å²) in [5, 5.41) is 11.4. The van der Waals surface area contributed by atoms with Crippen molar-refractivity contribution >= 4 is 17.4 Å². The van der Waals surface area contributed by atoms with Crippen LogP contribution in [0, 0.1) is 0 Å². The van der Waals surface area contributed by atoms with Crippen LogP contribution in [-0.4, -0.2) is 58.1 Å². The molecule has 1 aromatic heterocycles. The van der Waals surface area contributed by atoms with Crippen LogP contribution < -0.4 is 14.2 Å². The summed E-state index contributed by atoms with van der Waals surface area (Å²) >= 11 is 0. The number of aliphatic hydroxyl groups is 1. The van der Waals surface area contributed by atoms with Crippen LogP contribution in [0.15, 0.2) is 60.7 Å². The van der Waals surface area contributed by atoms with E-state index in [-0.39, 0.29) is 17.4 Å². The van der Waals surface area contributed by atoms with Gasteiger partial charge in [0.05, 0.1) is 32.2 Å². The number of carbonyl (C=O) groups excluding carboxylic acids is 2. The number of imidazole rings is 1. The molecule has 2 aromatic carbocycles. The maximum atomic E-state index is 13.4. The fraction of sp³-hybridized carbons (Fsp3) is 0.321. The third kappa shape index (κ3) is 4.52. The minimum absolute atomic E-state index is 0.0419. The monoisotopic (exact) mass is 503 g/mol. The van der Waals surface area contributed by atoms with Gasteiger partial charge in [-0.25, -0.2) is 4.98 Å². The molecule has 0 unspecified atom stereocenters. The van der Waals surface area contributed by atoms with Crippen LogP contribution in [0.3, 0.4) is 0 Å². The molecule has 1 fully saturated rings. The molecule has 2 atom stereocenters. The number of benzene rings is 2. The molecule has 2 aliphatic rings. The van der Waals surface area contributed by atoms with E-state index in [4.69, 9.17) is 14.2 Å². The summed E-state index contributed by atoms with van der Waals surface area (Å²) in [7, 11) is 3.06. The molecule has 37 heavy (non-hydrogen) atoms. The van der Waals surface area contributed by atoms with Crippen LogP contribution in [0.2, 0.25) is 0 Å². The molecule has 1 saturated heterocycles. The molecular weight excluding hydrogens is 474 g/mol. The van der Waals surface area contributed by atoms with Gasteiger partial charge < -0.3 is 28.8 Å². The third-order valence-corrected chi connectivity index (χ3v) is 6.81. The Hall–Kier alpha value is -4.27. The number of carbonyl (C=O) groups is 2. The van der Waals surface area contributed by atoms with Gasteiger partial charge >= 0.3 is 0 Å². The van der Waals surface area contributed by atoms with Gasteiger partial charge in [0.25, 0.3) is 11.7 Å². The third-order valence-electron chi connectivity index (χ3n) is 6.81. The molecule has 3 aromatic rings. The van der Waals surface area contributed by atoms with E-state index in [0.717, 1.165) is 11.3 Å². The molecule has 0 saturated carbocycles. The topological polar surface area (TPSA) is 103 Å². The Kier molecular flexibility index (Phi) is 6.60. The van der Waals surface area contributed by atoms with Crippen molar-refractivity contribution < 1.29 is 28.9 Å². The molecule has 5 rings (SSSR count). The highest BCUT2D eigenvalue weighted by Gasteiger charge is 2.46. The summed E-state index contributed by atoms with van der Waals surface area (Å²) in [5.74, 6) is 0.178. The molecule has 0 spiro atoms. The second kappa shape index (κ2) is 10.0. The number of ketones is 1. The Labute approximate surface area is 214 Å². The zero-order chi connectivity index (χ0) is 26.1. The Morgan fingerprint density at radius 1 is 1.11 bits per heavy atom. The van der Waals surface area contributed by atoms with Gasteiger partial charge in [0.1, 0.15) is 17.6 Å². The van der Waals surface area contributed by atoms with Crippen molar-refractivity contribution in [3.05, 3.63) is 77.4 Å². The number of ether oxygens (including phenoxy) is 3. The zero-order valence-electron chi connectivity index (χ0n) is 21.0. The van der Waals surface area contributed by atoms with Gasteiger partial charge in [-0.1, -0.05) is 6.07 Å². The number of hydrogen-bond donors (Lipinski definition) is 1. The van der Waals surface area contributed by atoms with Gasteiger partial charge in [0.2, 0.25) is 0 Å². The van der Waals surface area contributed by atoms with Gasteiger partial charge in [-0.05, 0) is 54.8 Å². The van der Waals surface area contributed by atoms with E-state index in [1.165, 1.54) is 19.1 Å². The molecule has 1 amide bonds. The fourth-order valence-electron chi connectivity index (χ4n) is 5.05. The predicted octanol–water partition coefficient (Wildman–Crippen LogP) is 3.74. The predicted molar refractivity (Wildman–Crippen MR) is 136 cm³/mol. The quantitative estimate of drug-likeness (QED) is 0.284. The van der Waals surface area contributed by atoms with E-state index < -0.39 is 17.7 Å². The first-order valence-corrected chi connectivity index (χ1v) is 12.2. The number of fused-ring (bicyclic) bond motifs is 1. The Balaban J connectivity index is 1.56. The smallest absolute Gasteiger partial charge is 0.295 e. The summed E-state index contributed by atoms with van der Waals surface area (Å²) in [6, 6.07) is 9.80. The summed E-state index contributed by atoms with van der Waals surface area (Å²) in [6.07, 6.45) is 6.59. The van der Waals surface area contributed by atoms with Gasteiger partial charge in [-0.15, -0.1) is 0 Å². The van der Waals surface area contributed by atoms with Crippen LogP contribution in [0.5, 0.6) is 17.2 Å². The van der Waals surface area contributed by atoms with E-state index in [1.807, 2.05) is 23.8 Å². The first-order chi connectivity index (χ1) is 17.9. The van der Waals surface area contributed by atoms with Crippen LogP contribution in [0.25, 0.3) is 5.76 Å². The molecule has 2 aliphatic heterocycles. The number of methoxy groups -OCH3 is 2. The normalized spacial score (nSPS) is 20.1. The van der Waals surface area contributed by atoms with Crippen LogP contribution in [0.4, 0.5) is 0 Å². The number of amides is 1. The second-order valence-corrected chi connectivity index (χ2v) is 9.22. The largest absolute Gasteiger partial charge is 0.507 e. The number of rotatable bonds is 8. The molecule has 0 aliphatic carbocycles. The number of aromatic nitrogens is 2. The Morgan fingerprint density at radius 2 is 1.92 bits per heavy atom. The lowest BCUT2D eigenvalue weighted by molar-refractivity contribution is -0.139. The lowest BCUT2D eigenvalue weighted by Crippen LogP contribution is -2.31. The molecule has 0 bridgehead atoms. The van der Waals surface area contributed by atoms with Crippen molar-refractivity contribution in [3.63, 3.8) is 0 Å². The van der Waals surface area contributed by atoms with E-state index in [2.05, 4.69) is 4.98 Å². The first kappa shape index (κ1) is 24.4. The maximum Gasteiger partial charge on any atom is 0.295 e. The van der Waals surface area contributed by atoms with Crippen molar-refractivity contribution in [1.82, 2.24) is 14.5 Å². The minimum atomic E-state index is -0.786. The summed E-state index contributed by atoms with van der Waals surface area (Å²) < 4.78 is 18.5. The van der Waals surface area contributed by atoms with E-state index >= 15 is 0 Å². The van der Waals surface area contributed by atoms with Crippen molar-refractivity contribution in [2.24, 2.45) is 0 Å². The number of aryl methyl sites for hydroxylation is 1. The van der Waals surface area contributed by atoms with Crippen molar-refractivity contribution in [2.75, 3.05) is 20.8 Å². The first-order valence-electron chi connectivity index (χ1n) is 12.2.